The number of carbonyl (C=O) groups is 1. The van der Waals surface area contributed by atoms with E-state index >= 15 is 0 Å². The van der Waals surface area contributed by atoms with E-state index in [-0.39, 0.29) is 5.56 Å². The van der Waals surface area contributed by atoms with Gasteiger partial charge in [0.2, 0.25) is 5.91 Å². The molecule has 2 nitrogen and oxygen atoms in total. The summed E-state index contributed by atoms with van der Waals surface area (Å²) in [6, 6.07) is 4.59. The van der Waals surface area contributed by atoms with E-state index in [0.29, 0.717) is 10.6 Å². The molecule has 0 saturated carbocycles. The van der Waals surface area contributed by atoms with Crippen molar-refractivity contribution in [3.63, 3.8) is 0 Å². The molecule has 0 unspecified atom stereocenters. The van der Waals surface area contributed by atoms with Gasteiger partial charge in [-0.15, -0.1) is 0 Å². The lowest BCUT2D eigenvalue weighted by molar-refractivity contribution is 0.100. The Morgan fingerprint density at radius 3 is 2.64 bits per heavy atom. The molecule has 2 N–H and O–H groups in total. The maximum atomic E-state index is 10.7. The van der Waals surface area contributed by atoms with Gasteiger partial charge in [0.25, 0.3) is 0 Å². The Labute approximate surface area is 70.0 Å². The second-order valence-electron chi connectivity index (χ2n) is 2.10. The second-order valence-corrected chi connectivity index (χ2v) is 2.51. The van der Waals surface area contributed by atoms with E-state index in [0.717, 1.165) is 0 Å². The van der Waals surface area contributed by atoms with Crippen LogP contribution in [0.2, 0.25) is 5.02 Å². The third-order valence-electron chi connectivity index (χ3n) is 1.26. The topological polar surface area (TPSA) is 43.1 Å². The summed E-state index contributed by atoms with van der Waals surface area (Å²) in [6.45, 7) is 5.40. The van der Waals surface area contributed by atoms with Crippen LogP contribution in [-0.4, -0.2) is 5.91 Å². The molecule has 3 heteroatoms. The molecule has 0 aromatic heterocycles. The fraction of sp³-hybridized carbons (Fsp3) is 0. The molecule has 0 aliphatic heterocycles. The van der Waals surface area contributed by atoms with Crippen LogP contribution in [0.5, 0.6) is 0 Å². The lowest BCUT2D eigenvalue weighted by Gasteiger charge is -1.99. The van der Waals surface area contributed by atoms with Crippen LogP contribution in [0.1, 0.15) is 15.9 Å². The van der Waals surface area contributed by atoms with Gasteiger partial charge in [-0.2, -0.15) is 0 Å². The van der Waals surface area contributed by atoms with Crippen molar-refractivity contribution in [3.8, 4) is 0 Å². The zero-order valence-corrected chi connectivity index (χ0v) is 6.43. The van der Waals surface area contributed by atoms with Gasteiger partial charge in [0.05, 0.1) is 10.6 Å². The molecule has 0 spiro atoms. The van der Waals surface area contributed by atoms with Crippen molar-refractivity contribution in [2.24, 2.45) is 5.73 Å². The molecule has 11 heavy (non-hydrogen) atoms. The Morgan fingerprint density at radius 1 is 1.55 bits per heavy atom. The summed E-state index contributed by atoms with van der Waals surface area (Å²) in [5, 5.41) is 0.326. The van der Waals surface area contributed by atoms with Gasteiger partial charge < -0.3 is 5.73 Å². The van der Waals surface area contributed by atoms with Crippen molar-refractivity contribution >= 4 is 17.5 Å². The first-order chi connectivity index (χ1) is 5.11. The van der Waals surface area contributed by atoms with Crippen LogP contribution in [0.3, 0.4) is 0 Å². The van der Waals surface area contributed by atoms with Gasteiger partial charge in [-0.05, 0) is 24.6 Å². The molecule has 1 aromatic rings. The Morgan fingerprint density at radius 2 is 2.18 bits per heavy atom. The van der Waals surface area contributed by atoms with E-state index in [4.69, 9.17) is 24.3 Å². The van der Waals surface area contributed by atoms with E-state index in [1.807, 2.05) is 0 Å². The normalized spacial score (nSPS) is 9.64. The second kappa shape index (κ2) is 2.93. The largest absolute Gasteiger partial charge is 0.366 e. The standard InChI is InChI=1S/C8H6ClNO/c1-5-2-3-7(9)6(4-5)8(10)11/h1-4H,(H2,10,11). The average Bonchev–Trinajstić information content (AvgIpc) is 1.94. The SMILES string of the molecule is [CH]c1ccc(Cl)c(C(N)=O)c1. The summed E-state index contributed by atoms with van der Waals surface area (Å²) < 4.78 is 0. The highest BCUT2D eigenvalue weighted by atomic mass is 35.5. The Kier molecular flexibility index (Phi) is 2.15. The van der Waals surface area contributed by atoms with Gasteiger partial charge in [0.15, 0.2) is 0 Å². The zero-order chi connectivity index (χ0) is 8.43. The zero-order valence-electron chi connectivity index (χ0n) is 5.67. The number of benzene rings is 1. The Balaban J connectivity index is 3.23. The highest BCUT2D eigenvalue weighted by molar-refractivity contribution is 6.33. The molecule has 1 amide bonds. The molecule has 0 saturated heterocycles. The first-order valence-electron chi connectivity index (χ1n) is 2.96. The lowest BCUT2D eigenvalue weighted by atomic mass is 10.1. The maximum absolute atomic E-state index is 10.7. The van der Waals surface area contributed by atoms with Gasteiger partial charge in [0.1, 0.15) is 0 Å². The maximum Gasteiger partial charge on any atom is 0.250 e. The van der Waals surface area contributed by atoms with E-state index in [1.165, 1.54) is 12.1 Å². The molecule has 0 aliphatic rings. The van der Waals surface area contributed by atoms with E-state index < -0.39 is 5.91 Å². The van der Waals surface area contributed by atoms with Crippen LogP contribution >= 0.6 is 11.6 Å². The van der Waals surface area contributed by atoms with Gasteiger partial charge in [0, 0.05) is 0 Å². The lowest BCUT2D eigenvalue weighted by Crippen LogP contribution is -2.11. The van der Waals surface area contributed by atoms with Crippen LogP contribution in [0.4, 0.5) is 0 Å². The molecule has 0 aliphatic carbocycles. The van der Waals surface area contributed by atoms with Crippen molar-refractivity contribution < 1.29 is 4.79 Å². The van der Waals surface area contributed by atoms with Crippen LogP contribution in [-0.2, 0) is 0 Å². The summed E-state index contributed by atoms with van der Waals surface area (Å²) in [6.07, 6.45) is 0. The summed E-state index contributed by atoms with van der Waals surface area (Å²) in [4.78, 5) is 10.7. The minimum atomic E-state index is -0.567. The predicted octanol–water partition coefficient (Wildman–Crippen LogP) is 1.50. The molecule has 0 bridgehead atoms. The highest BCUT2D eigenvalue weighted by Gasteiger charge is 2.04. The molecule has 0 fully saturated rings. The number of carbonyl (C=O) groups excluding carboxylic acids is 1. The molecule has 2 radical (unpaired) electrons. The Bertz CT molecular complexity index is 296. The van der Waals surface area contributed by atoms with Crippen molar-refractivity contribution in [2.75, 3.05) is 0 Å². The first-order valence-corrected chi connectivity index (χ1v) is 3.34. The first kappa shape index (κ1) is 8.08. The van der Waals surface area contributed by atoms with E-state index in [2.05, 4.69) is 0 Å². The monoisotopic (exact) mass is 167 g/mol. The number of halogens is 1. The van der Waals surface area contributed by atoms with Crippen LogP contribution in [0.15, 0.2) is 18.2 Å². The summed E-state index contributed by atoms with van der Waals surface area (Å²) >= 11 is 5.63. The van der Waals surface area contributed by atoms with Crippen LogP contribution in [0, 0.1) is 6.92 Å². The third-order valence-corrected chi connectivity index (χ3v) is 1.59. The average molecular weight is 168 g/mol. The number of hydrogen-bond acceptors (Lipinski definition) is 1. The van der Waals surface area contributed by atoms with Gasteiger partial charge in [-0.3, -0.25) is 4.79 Å². The van der Waals surface area contributed by atoms with Crippen molar-refractivity contribution in [1.82, 2.24) is 0 Å². The smallest absolute Gasteiger partial charge is 0.250 e. The summed E-state index contributed by atoms with van der Waals surface area (Å²) in [7, 11) is 0. The number of nitrogens with two attached hydrogens (primary N) is 1. The molecular formula is C8H6ClNO. The van der Waals surface area contributed by atoms with E-state index in [1.54, 1.807) is 6.07 Å². The Hall–Kier alpha value is -1.02. The minimum absolute atomic E-state index is 0.256. The molecule has 1 rings (SSSR count). The van der Waals surface area contributed by atoms with Crippen LogP contribution in [0.25, 0.3) is 0 Å². The van der Waals surface area contributed by atoms with Crippen molar-refractivity contribution in [3.05, 3.63) is 41.3 Å². The summed E-state index contributed by atoms with van der Waals surface area (Å²) in [5.41, 5.74) is 5.74. The van der Waals surface area contributed by atoms with Gasteiger partial charge in [-0.1, -0.05) is 17.7 Å². The quantitative estimate of drug-likeness (QED) is 0.677. The number of primary amides is 1. The summed E-state index contributed by atoms with van der Waals surface area (Å²) in [5.74, 6) is -0.567. The molecule has 56 valence electrons. The predicted molar refractivity (Wildman–Crippen MR) is 43.4 cm³/mol. The fourth-order valence-electron chi connectivity index (χ4n) is 0.732. The number of hydrogen-bond donors (Lipinski definition) is 1. The number of rotatable bonds is 1. The van der Waals surface area contributed by atoms with Gasteiger partial charge >= 0.3 is 0 Å². The van der Waals surface area contributed by atoms with E-state index in [9.17, 15) is 4.79 Å². The minimum Gasteiger partial charge on any atom is -0.366 e. The molecule has 1 aromatic carbocycles. The van der Waals surface area contributed by atoms with Gasteiger partial charge in [-0.25, -0.2) is 0 Å². The van der Waals surface area contributed by atoms with Crippen molar-refractivity contribution in [1.29, 1.82) is 0 Å². The molecule has 0 heterocycles. The number of amides is 1. The van der Waals surface area contributed by atoms with Crippen molar-refractivity contribution in [2.45, 2.75) is 0 Å². The molecule has 0 atom stereocenters. The third kappa shape index (κ3) is 1.71. The fourth-order valence-corrected chi connectivity index (χ4v) is 0.942. The highest BCUT2D eigenvalue weighted by Crippen LogP contribution is 2.16. The molecular weight excluding hydrogens is 162 g/mol. The van der Waals surface area contributed by atoms with Crippen LogP contribution < -0.4 is 5.73 Å².